The van der Waals surface area contributed by atoms with Crippen LogP contribution in [0.4, 0.5) is 0 Å². The zero-order chi connectivity index (χ0) is 13.6. The number of esters is 1. The molecule has 0 bridgehead atoms. The van der Waals surface area contributed by atoms with Crippen LogP contribution in [-0.4, -0.2) is 35.7 Å². The molecule has 3 nitrogen and oxygen atoms in total. The van der Waals surface area contributed by atoms with Gasteiger partial charge < -0.3 is 4.74 Å². The van der Waals surface area contributed by atoms with E-state index in [-0.39, 0.29) is 5.97 Å². The first kappa shape index (κ1) is 15.8. The lowest BCUT2D eigenvalue weighted by atomic mass is 9.96. The van der Waals surface area contributed by atoms with Gasteiger partial charge >= 0.3 is 5.97 Å². The number of carbonyl (C=O) groups is 1. The van der Waals surface area contributed by atoms with E-state index in [0.29, 0.717) is 11.3 Å². The zero-order valence-electron chi connectivity index (χ0n) is 12.1. The smallest absolute Gasteiger partial charge is 0.325 e. The van der Waals surface area contributed by atoms with Gasteiger partial charge in [-0.3, -0.25) is 10.1 Å². The van der Waals surface area contributed by atoms with Crippen molar-refractivity contribution in [3.8, 4) is 0 Å². The fourth-order valence-electron chi connectivity index (χ4n) is 2.17. The Hall–Kier alpha value is -0.220. The molecule has 0 amide bonds. The molecule has 1 N–H and O–H groups in total. The van der Waals surface area contributed by atoms with Gasteiger partial charge in [-0.2, -0.15) is 11.8 Å². The van der Waals surface area contributed by atoms with Crippen molar-refractivity contribution in [1.82, 2.24) is 5.32 Å². The zero-order valence-corrected chi connectivity index (χ0v) is 12.9. The summed E-state index contributed by atoms with van der Waals surface area (Å²) < 4.78 is 4.96. The lowest BCUT2D eigenvalue weighted by Gasteiger charge is -2.30. The van der Waals surface area contributed by atoms with Gasteiger partial charge in [0.25, 0.3) is 0 Å². The molecule has 0 radical (unpaired) electrons. The Balaban J connectivity index is 2.46. The summed E-state index contributed by atoms with van der Waals surface area (Å²) in [6.07, 6.45) is 5.69. The molecule has 2 atom stereocenters. The van der Waals surface area contributed by atoms with E-state index in [2.05, 4.69) is 19.2 Å². The molecule has 18 heavy (non-hydrogen) atoms. The van der Waals surface area contributed by atoms with Gasteiger partial charge in [-0.25, -0.2) is 0 Å². The third kappa shape index (κ3) is 5.19. The summed E-state index contributed by atoms with van der Waals surface area (Å²) in [5, 5.41) is 3.93. The van der Waals surface area contributed by atoms with Crippen molar-refractivity contribution in [1.29, 1.82) is 0 Å². The third-order valence-corrected chi connectivity index (χ3v) is 4.59. The van der Waals surface area contributed by atoms with Crippen LogP contribution in [0.1, 0.15) is 52.9 Å². The quantitative estimate of drug-likeness (QED) is 0.518. The number of unbranched alkanes of at least 4 members (excludes halogenated alkanes) is 1. The summed E-state index contributed by atoms with van der Waals surface area (Å²) >= 11 is 1.96. The minimum Gasteiger partial charge on any atom is -0.468 e. The Kier molecular flexibility index (Phi) is 6.50. The Bertz CT molecular complexity index is 269. The molecule has 1 rings (SSSR count). The van der Waals surface area contributed by atoms with Crippen molar-refractivity contribution in [2.45, 2.75) is 69.7 Å². The highest BCUT2D eigenvalue weighted by Gasteiger charge is 2.40. The third-order valence-electron chi connectivity index (χ3n) is 3.33. The monoisotopic (exact) mass is 273 g/mol. The van der Waals surface area contributed by atoms with E-state index in [0.717, 1.165) is 6.42 Å². The van der Waals surface area contributed by atoms with E-state index in [1.165, 1.54) is 38.5 Å². The van der Waals surface area contributed by atoms with Crippen LogP contribution in [0.15, 0.2) is 0 Å². The van der Waals surface area contributed by atoms with Gasteiger partial charge in [-0.1, -0.05) is 20.3 Å². The molecule has 0 aromatic carbocycles. The highest BCUT2D eigenvalue weighted by Crippen LogP contribution is 2.28. The molecule has 1 aliphatic carbocycles. The Morgan fingerprint density at radius 3 is 2.72 bits per heavy atom. The lowest BCUT2D eigenvalue weighted by molar-refractivity contribution is -0.148. The molecule has 0 saturated heterocycles. The highest BCUT2D eigenvalue weighted by atomic mass is 32.2. The lowest BCUT2D eigenvalue weighted by Crippen LogP contribution is -2.52. The number of carbonyl (C=O) groups excluding carboxylic acids is 1. The van der Waals surface area contributed by atoms with Crippen molar-refractivity contribution >= 4 is 17.7 Å². The SMILES string of the molecule is CCCCSC(C)CC(C)(NC1CC1)C(=O)OC. The molecular formula is C14H27NO2S. The van der Waals surface area contributed by atoms with Crippen molar-refractivity contribution in [2.75, 3.05) is 12.9 Å². The molecular weight excluding hydrogens is 246 g/mol. The van der Waals surface area contributed by atoms with E-state index in [4.69, 9.17) is 4.74 Å². The summed E-state index contributed by atoms with van der Waals surface area (Å²) in [6, 6.07) is 0.516. The average Bonchev–Trinajstić information content (AvgIpc) is 3.11. The topological polar surface area (TPSA) is 38.3 Å². The molecule has 0 aliphatic heterocycles. The van der Waals surface area contributed by atoms with Gasteiger partial charge in [-0.15, -0.1) is 0 Å². The van der Waals surface area contributed by atoms with E-state index in [1.54, 1.807) is 0 Å². The average molecular weight is 273 g/mol. The van der Waals surface area contributed by atoms with Gasteiger partial charge in [0, 0.05) is 11.3 Å². The van der Waals surface area contributed by atoms with E-state index >= 15 is 0 Å². The summed E-state index contributed by atoms with van der Waals surface area (Å²) in [6.45, 7) is 6.39. The molecule has 0 heterocycles. The maximum Gasteiger partial charge on any atom is 0.325 e. The predicted octanol–water partition coefficient (Wildman–Crippen LogP) is 2.98. The van der Waals surface area contributed by atoms with Gasteiger partial charge in [0.05, 0.1) is 7.11 Å². The van der Waals surface area contributed by atoms with Crippen LogP contribution in [0.5, 0.6) is 0 Å². The number of ether oxygens (including phenoxy) is 1. The van der Waals surface area contributed by atoms with E-state index in [1.807, 2.05) is 18.7 Å². The van der Waals surface area contributed by atoms with Crippen LogP contribution in [0, 0.1) is 0 Å². The number of rotatable bonds is 9. The summed E-state index contributed by atoms with van der Waals surface area (Å²) in [5.41, 5.74) is -0.519. The molecule has 106 valence electrons. The minimum atomic E-state index is -0.519. The Morgan fingerprint density at radius 1 is 1.56 bits per heavy atom. The van der Waals surface area contributed by atoms with Crippen LogP contribution in [-0.2, 0) is 9.53 Å². The van der Waals surface area contributed by atoms with Crippen LogP contribution in [0.2, 0.25) is 0 Å². The number of methoxy groups -OCH3 is 1. The largest absolute Gasteiger partial charge is 0.468 e. The molecule has 1 saturated carbocycles. The molecule has 0 spiro atoms. The maximum atomic E-state index is 12.0. The second-order valence-corrected chi connectivity index (χ2v) is 7.03. The molecule has 1 fully saturated rings. The molecule has 4 heteroatoms. The molecule has 0 aromatic rings. The Labute approximate surface area is 115 Å². The number of thioether (sulfide) groups is 1. The fourth-order valence-corrected chi connectivity index (χ4v) is 3.48. The highest BCUT2D eigenvalue weighted by molar-refractivity contribution is 7.99. The van der Waals surface area contributed by atoms with Crippen molar-refractivity contribution in [3.63, 3.8) is 0 Å². The standard InChI is InChI=1S/C14H27NO2S/c1-5-6-9-18-11(2)10-14(3,13(16)17-4)15-12-7-8-12/h11-12,15H,5-10H2,1-4H3. The second kappa shape index (κ2) is 7.39. The van der Waals surface area contributed by atoms with Crippen molar-refractivity contribution in [2.24, 2.45) is 0 Å². The van der Waals surface area contributed by atoms with Crippen molar-refractivity contribution < 1.29 is 9.53 Å². The normalized spacial score (nSPS) is 20.2. The van der Waals surface area contributed by atoms with Crippen LogP contribution < -0.4 is 5.32 Å². The first-order valence-electron chi connectivity index (χ1n) is 6.99. The first-order chi connectivity index (χ1) is 8.51. The second-order valence-electron chi connectivity index (χ2n) is 5.48. The first-order valence-corrected chi connectivity index (χ1v) is 8.04. The van der Waals surface area contributed by atoms with Gasteiger partial charge in [0.2, 0.25) is 0 Å². The number of nitrogens with one attached hydrogen (secondary N) is 1. The number of hydrogen-bond acceptors (Lipinski definition) is 4. The predicted molar refractivity (Wildman–Crippen MR) is 78.0 cm³/mol. The molecule has 1 aliphatic rings. The fraction of sp³-hybridized carbons (Fsp3) is 0.929. The molecule has 0 aromatic heterocycles. The Morgan fingerprint density at radius 2 is 2.22 bits per heavy atom. The van der Waals surface area contributed by atoms with Crippen LogP contribution in [0.3, 0.4) is 0 Å². The molecule has 2 unspecified atom stereocenters. The van der Waals surface area contributed by atoms with Crippen molar-refractivity contribution in [3.05, 3.63) is 0 Å². The van der Waals surface area contributed by atoms with Gasteiger partial charge in [0.15, 0.2) is 0 Å². The maximum absolute atomic E-state index is 12.0. The van der Waals surface area contributed by atoms with Gasteiger partial charge in [0.1, 0.15) is 5.54 Å². The van der Waals surface area contributed by atoms with E-state index in [9.17, 15) is 4.79 Å². The summed E-state index contributed by atoms with van der Waals surface area (Å²) in [7, 11) is 1.48. The van der Waals surface area contributed by atoms with E-state index < -0.39 is 5.54 Å². The summed E-state index contributed by atoms with van der Waals surface area (Å²) in [4.78, 5) is 12.0. The van der Waals surface area contributed by atoms with Gasteiger partial charge in [-0.05, 0) is 38.4 Å². The summed E-state index contributed by atoms with van der Waals surface area (Å²) in [5.74, 6) is 1.05. The van der Waals surface area contributed by atoms with Crippen LogP contribution >= 0.6 is 11.8 Å². The minimum absolute atomic E-state index is 0.127. The number of hydrogen-bond donors (Lipinski definition) is 1. The van der Waals surface area contributed by atoms with Crippen LogP contribution in [0.25, 0.3) is 0 Å².